The van der Waals surface area contributed by atoms with Gasteiger partial charge in [-0.1, -0.05) is 12.1 Å². The molecule has 1 spiro atoms. The van der Waals surface area contributed by atoms with Crippen LogP contribution in [0.2, 0.25) is 0 Å². The van der Waals surface area contributed by atoms with Crippen LogP contribution in [0.1, 0.15) is 77.1 Å². The zero-order valence-corrected chi connectivity index (χ0v) is 19.9. The summed E-state index contributed by atoms with van der Waals surface area (Å²) < 4.78 is 27.6. The Labute approximate surface area is 207 Å². The maximum absolute atomic E-state index is 14.2. The van der Waals surface area contributed by atoms with Crippen LogP contribution < -0.4 is 4.74 Å². The minimum atomic E-state index is -0.452. The van der Waals surface area contributed by atoms with Crippen LogP contribution in [0, 0.1) is 22.6 Å². The van der Waals surface area contributed by atoms with Gasteiger partial charge >= 0.3 is 0 Å². The molecule has 3 aromatic heterocycles. The third-order valence-electron chi connectivity index (χ3n) is 7.92. The fourth-order valence-electron chi connectivity index (χ4n) is 5.76. The van der Waals surface area contributed by atoms with Crippen LogP contribution in [0.15, 0.2) is 46.9 Å². The van der Waals surface area contributed by atoms with Crippen molar-refractivity contribution in [1.82, 2.24) is 14.5 Å². The van der Waals surface area contributed by atoms with Gasteiger partial charge in [-0.05, 0) is 55.7 Å². The Balaban J connectivity index is 1.09. The first-order chi connectivity index (χ1) is 17.5. The quantitative estimate of drug-likeness (QED) is 0.321. The molecule has 0 radical (unpaired) electrons. The van der Waals surface area contributed by atoms with Crippen LogP contribution in [-0.2, 0) is 13.7 Å². The smallest absolute Gasteiger partial charge is 0.227 e. The summed E-state index contributed by atoms with van der Waals surface area (Å²) >= 11 is 0. The fraction of sp³-hybridized carbons (Fsp3) is 0.357. The molecule has 36 heavy (non-hydrogen) atoms. The summed E-state index contributed by atoms with van der Waals surface area (Å²) in [7, 11) is 1.96. The number of hydrogen-bond acceptors (Lipinski definition) is 6. The predicted molar refractivity (Wildman–Crippen MR) is 129 cm³/mol. The van der Waals surface area contributed by atoms with Gasteiger partial charge in [0.05, 0.1) is 11.6 Å². The highest BCUT2D eigenvalue weighted by Gasteiger charge is 2.57. The van der Waals surface area contributed by atoms with Crippen molar-refractivity contribution in [1.29, 1.82) is 5.26 Å². The molecule has 3 heterocycles. The number of ether oxygens (including phenoxy) is 1. The molecular weight excluding hydrogens is 459 g/mol. The second-order valence-electron chi connectivity index (χ2n) is 9.99. The van der Waals surface area contributed by atoms with E-state index in [1.165, 1.54) is 6.07 Å². The van der Waals surface area contributed by atoms with Crippen LogP contribution in [-0.4, -0.2) is 20.8 Å². The number of carbonyl (C=O) groups is 1. The maximum Gasteiger partial charge on any atom is 0.227 e. The molecule has 2 fully saturated rings. The number of halogens is 1. The molecule has 2 aliphatic rings. The van der Waals surface area contributed by atoms with Gasteiger partial charge in [0.2, 0.25) is 11.6 Å². The number of pyridine rings is 1. The van der Waals surface area contributed by atoms with Gasteiger partial charge in [0.25, 0.3) is 0 Å². The van der Waals surface area contributed by atoms with Gasteiger partial charge in [-0.25, -0.2) is 14.4 Å². The minimum absolute atomic E-state index is 0.0599. The minimum Gasteiger partial charge on any atom is -0.473 e. The number of aromatic nitrogens is 3. The lowest BCUT2D eigenvalue weighted by molar-refractivity contribution is 0.110. The molecule has 1 aromatic carbocycles. The van der Waals surface area contributed by atoms with Gasteiger partial charge < -0.3 is 13.7 Å². The van der Waals surface area contributed by atoms with Crippen molar-refractivity contribution >= 4 is 17.5 Å². The Morgan fingerprint density at radius 1 is 1.25 bits per heavy atom. The second-order valence-corrected chi connectivity index (χ2v) is 9.99. The molecular formula is C28H25FN4O3. The molecule has 0 saturated heterocycles. The molecule has 1 atom stereocenters. The fourth-order valence-corrected chi connectivity index (χ4v) is 5.76. The number of imidazole rings is 1. The van der Waals surface area contributed by atoms with E-state index in [1.807, 2.05) is 29.8 Å². The lowest BCUT2D eigenvalue weighted by Gasteiger charge is -2.29. The summed E-state index contributed by atoms with van der Waals surface area (Å²) in [6.45, 7) is 0.0599. The first-order valence-corrected chi connectivity index (χ1v) is 12.2. The number of carbonyl (C=O) groups excluding carboxylic acids is 1. The third kappa shape index (κ3) is 3.85. The lowest BCUT2D eigenvalue weighted by atomic mass is 9.77. The summed E-state index contributed by atoms with van der Waals surface area (Å²) in [5.74, 6) is 2.15. The van der Waals surface area contributed by atoms with Gasteiger partial charge in [-0.2, -0.15) is 5.26 Å². The number of rotatable bonds is 6. The van der Waals surface area contributed by atoms with E-state index >= 15 is 0 Å². The number of aldehydes is 1. The summed E-state index contributed by atoms with van der Waals surface area (Å²) in [6, 6.07) is 13.8. The van der Waals surface area contributed by atoms with Crippen molar-refractivity contribution in [3.63, 3.8) is 0 Å². The topological polar surface area (TPSA) is 93.9 Å². The molecule has 6 rings (SSSR count). The van der Waals surface area contributed by atoms with Crippen molar-refractivity contribution < 1.29 is 18.3 Å². The number of benzene rings is 1. The Hall–Kier alpha value is -3.99. The average Bonchev–Trinajstić information content (AvgIpc) is 3.27. The van der Waals surface area contributed by atoms with E-state index in [9.17, 15) is 9.18 Å². The standard InChI is InChI=1S/C28H25FN4O3/c1-33-26(32-24-12-20(15-34)36-27(24)33)21-13-28(21)9-7-18(8-10-28)23-3-2-4-25(31-23)35-16-19-6-5-17(14-30)11-22(19)29/h2-6,11-12,15,18,21H,7-10,13,16H2,1H3. The van der Waals surface area contributed by atoms with Gasteiger partial charge in [0, 0.05) is 42.3 Å². The van der Waals surface area contributed by atoms with E-state index in [0.29, 0.717) is 41.0 Å². The Morgan fingerprint density at radius 2 is 2.08 bits per heavy atom. The predicted octanol–water partition coefficient (Wildman–Crippen LogP) is 5.80. The zero-order chi connectivity index (χ0) is 24.9. The van der Waals surface area contributed by atoms with Crippen LogP contribution in [0.25, 0.3) is 11.2 Å². The Bertz CT molecular complexity index is 1510. The maximum atomic E-state index is 14.2. The van der Waals surface area contributed by atoms with Crippen LogP contribution in [0.3, 0.4) is 0 Å². The molecule has 8 heteroatoms. The number of hydrogen-bond donors (Lipinski definition) is 0. The van der Waals surface area contributed by atoms with Gasteiger partial charge in [-0.3, -0.25) is 4.79 Å². The van der Waals surface area contributed by atoms with Gasteiger partial charge in [-0.15, -0.1) is 0 Å². The van der Waals surface area contributed by atoms with Crippen molar-refractivity contribution in [2.24, 2.45) is 12.5 Å². The summed E-state index contributed by atoms with van der Waals surface area (Å²) in [6.07, 6.45) is 6.15. The highest BCUT2D eigenvalue weighted by molar-refractivity contribution is 5.81. The Morgan fingerprint density at radius 3 is 2.81 bits per heavy atom. The number of aryl methyl sites for hydroxylation is 1. The second kappa shape index (κ2) is 8.59. The van der Waals surface area contributed by atoms with Gasteiger partial charge in [0.1, 0.15) is 23.8 Å². The van der Waals surface area contributed by atoms with E-state index in [4.69, 9.17) is 24.4 Å². The van der Waals surface area contributed by atoms with Crippen molar-refractivity contribution in [2.75, 3.05) is 0 Å². The van der Waals surface area contributed by atoms with Crippen molar-refractivity contribution in [3.8, 4) is 11.9 Å². The molecule has 0 amide bonds. The SMILES string of the molecule is Cn1c(C2CC23CCC(c2cccc(OCc4ccc(C#N)cc4F)n2)CC3)nc2cc(C=O)oc21. The molecule has 182 valence electrons. The van der Waals surface area contributed by atoms with Gasteiger partial charge in [0.15, 0.2) is 12.0 Å². The van der Waals surface area contributed by atoms with E-state index in [-0.39, 0.29) is 17.6 Å². The number of furan rings is 1. The highest BCUT2D eigenvalue weighted by atomic mass is 19.1. The number of nitrogens with zero attached hydrogens (tertiary/aromatic N) is 4. The molecule has 4 aromatic rings. The monoisotopic (exact) mass is 484 g/mol. The molecule has 2 saturated carbocycles. The molecule has 0 N–H and O–H groups in total. The zero-order valence-electron chi connectivity index (χ0n) is 19.9. The van der Waals surface area contributed by atoms with Crippen LogP contribution in [0.4, 0.5) is 4.39 Å². The van der Waals surface area contributed by atoms with Crippen molar-refractivity contribution in [3.05, 3.63) is 76.7 Å². The molecule has 0 aliphatic heterocycles. The largest absolute Gasteiger partial charge is 0.473 e. The summed E-state index contributed by atoms with van der Waals surface area (Å²) in [5, 5.41) is 8.90. The lowest BCUT2D eigenvalue weighted by Crippen LogP contribution is -2.17. The summed E-state index contributed by atoms with van der Waals surface area (Å²) in [4.78, 5) is 20.5. The normalized spacial score (nSPS) is 23.0. The van der Waals surface area contributed by atoms with E-state index in [1.54, 1.807) is 24.3 Å². The summed E-state index contributed by atoms with van der Waals surface area (Å²) in [5.41, 5.74) is 3.37. The first kappa shape index (κ1) is 22.5. The van der Waals surface area contributed by atoms with E-state index in [0.717, 1.165) is 49.1 Å². The number of nitriles is 1. The molecule has 7 nitrogen and oxygen atoms in total. The van der Waals surface area contributed by atoms with E-state index < -0.39 is 5.82 Å². The van der Waals surface area contributed by atoms with E-state index in [2.05, 4.69) is 0 Å². The molecule has 1 unspecified atom stereocenters. The third-order valence-corrected chi connectivity index (χ3v) is 7.92. The molecule has 2 aliphatic carbocycles. The van der Waals surface area contributed by atoms with Crippen molar-refractivity contribution in [2.45, 2.75) is 50.5 Å². The first-order valence-electron chi connectivity index (χ1n) is 12.2. The average molecular weight is 485 g/mol. The number of fused-ring (bicyclic) bond motifs is 1. The highest BCUT2D eigenvalue weighted by Crippen LogP contribution is 2.67. The molecule has 0 bridgehead atoms. The van der Waals surface area contributed by atoms with Crippen LogP contribution in [0.5, 0.6) is 5.88 Å². The Kier molecular flexibility index (Phi) is 5.36. The van der Waals surface area contributed by atoms with Crippen LogP contribution >= 0.6 is 0 Å².